The molecule has 1 aliphatic heterocycles. The van der Waals surface area contributed by atoms with E-state index < -0.39 is 0 Å². The predicted octanol–water partition coefficient (Wildman–Crippen LogP) is 1.76. The van der Waals surface area contributed by atoms with Gasteiger partial charge in [-0.25, -0.2) is 0 Å². The normalized spacial score (nSPS) is 17.9. The lowest BCUT2D eigenvalue weighted by atomic mass is 9.96. The van der Waals surface area contributed by atoms with Gasteiger partial charge in [0.15, 0.2) is 0 Å². The predicted molar refractivity (Wildman–Crippen MR) is 82.7 cm³/mol. The summed E-state index contributed by atoms with van der Waals surface area (Å²) in [6, 6.07) is 10.4. The highest BCUT2D eigenvalue weighted by Gasteiger charge is 2.21. The molecule has 0 aromatic heterocycles. The third-order valence-corrected chi connectivity index (χ3v) is 4.14. The molecule has 2 rings (SSSR count). The van der Waals surface area contributed by atoms with Gasteiger partial charge in [-0.05, 0) is 43.9 Å². The van der Waals surface area contributed by atoms with Crippen LogP contribution in [0.4, 0.5) is 5.69 Å². The molecule has 1 aromatic rings. The molecule has 1 unspecified atom stereocenters. The molecular formula is C16H25N3O. The van der Waals surface area contributed by atoms with Crippen LogP contribution in [0.5, 0.6) is 0 Å². The van der Waals surface area contributed by atoms with Gasteiger partial charge in [-0.2, -0.15) is 0 Å². The van der Waals surface area contributed by atoms with Crippen LogP contribution in [0.15, 0.2) is 30.3 Å². The molecule has 0 aliphatic carbocycles. The number of piperidine rings is 1. The molecule has 1 saturated heterocycles. The second kappa shape index (κ2) is 7.29. The fraction of sp³-hybridized carbons (Fsp3) is 0.562. The Labute approximate surface area is 121 Å². The second-order valence-corrected chi connectivity index (χ2v) is 5.54. The molecule has 0 radical (unpaired) electrons. The maximum absolute atomic E-state index is 11.2. The van der Waals surface area contributed by atoms with E-state index in [4.69, 9.17) is 5.73 Å². The summed E-state index contributed by atoms with van der Waals surface area (Å²) < 4.78 is 0. The summed E-state index contributed by atoms with van der Waals surface area (Å²) in [6.45, 7) is 5.05. The molecule has 1 atom stereocenters. The Hall–Kier alpha value is -1.55. The van der Waals surface area contributed by atoms with Crippen LogP contribution in [0.2, 0.25) is 0 Å². The van der Waals surface area contributed by atoms with Gasteiger partial charge in [0, 0.05) is 18.8 Å². The minimum absolute atomic E-state index is 0.179. The van der Waals surface area contributed by atoms with Crippen molar-refractivity contribution in [1.29, 1.82) is 0 Å². The fourth-order valence-corrected chi connectivity index (χ4v) is 2.79. The molecule has 1 aromatic carbocycles. The molecule has 20 heavy (non-hydrogen) atoms. The highest BCUT2D eigenvalue weighted by molar-refractivity contribution is 5.79. The molecule has 0 bridgehead atoms. The van der Waals surface area contributed by atoms with Crippen molar-refractivity contribution in [2.45, 2.75) is 32.2 Å². The van der Waals surface area contributed by atoms with Gasteiger partial charge in [0.05, 0.1) is 6.04 Å². The molecule has 0 spiro atoms. The lowest BCUT2D eigenvalue weighted by Crippen LogP contribution is -2.45. The molecule has 4 heteroatoms. The molecule has 1 amide bonds. The number of para-hydroxylation sites is 1. The van der Waals surface area contributed by atoms with E-state index in [1.807, 2.05) is 6.92 Å². The summed E-state index contributed by atoms with van der Waals surface area (Å²) in [5, 5.41) is 3.30. The van der Waals surface area contributed by atoms with Gasteiger partial charge < -0.3 is 16.0 Å². The number of nitrogens with zero attached hydrogens (tertiary/aromatic N) is 1. The van der Waals surface area contributed by atoms with Crippen LogP contribution in [-0.4, -0.2) is 31.6 Å². The molecule has 4 nitrogen and oxygen atoms in total. The number of carbonyl (C=O) groups excluding carboxylic acids is 1. The van der Waals surface area contributed by atoms with Crippen molar-refractivity contribution in [3.05, 3.63) is 30.3 Å². The van der Waals surface area contributed by atoms with E-state index >= 15 is 0 Å². The maximum Gasteiger partial charge on any atom is 0.234 e. The Morgan fingerprint density at radius 3 is 2.55 bits per heavy atom. The first kappa shape index (κ1) is 14.9. The van der Waals surface area contributed by atoms with Crippen molar-refractivity contribution in [1.82, 2.24) is 5.32 Å². The Kier molecular flexibility index (Phi) is 5.41. The maximum atomic E-state index is 11.2. The summed E-state index contributed by atoms with van der Waals surface area (Å²) in [4.78, 5) is 13.6. The van der Waals surface area contributed by atoms with E-state index in [1.165, 1.54) is 5.69 Å². The topological polar surface area (TPSA) is 58.4 Å². The number of rotatable bonds is 6. The monoisotopic (exact) mass is 275 g/mol. The Bertz CT molecular complexity index is 413. The van der Waals surface area contributed by atoms with Crippen LogP contribution < -0.4 is 16.0 Å². The highest BCUT2D eigenvalue weighted by atomic mass is 16.1. The van der Waals surface area contributed by atoms with E-state index in [2.05, 4.69) is 40.5 Å². The summed E-state index contributed by atoms with van der Waals surface area (Å²) in [7, 11) is 0. The molecule has 1 aliphatic rings. The summed E-state index contributed by atoms with van der Waals surface area (Å²) in [5.74, 6) is 0.401. The van der Waals surface area contributed by atoms with Crippen molar-refractivity contribution in [2.75, 3.05) is 24.5 Å². The van der Waals surface area contributed by atoms with E-state index in [0.717, 1.165) is 38.9 Å². The Morgan fingerprint density at radius 2 is 2.00 bits per heavy atom. The van der Waals surface area contributed by atoms with Crippen molar-refractivity contribution in [3.8, 4) is 0 Å². The van der Waals surface area contributed by atoms with E-state index in [-0.39, 0.29) is 11.9 Å². The Morgan fingerprint density at radius 1 is 1.35 bits per heavy atom. The van der Waals surface area contributed by atoms with Gasteiger partial charge in [-0.1, -0.05) is 25.1 Å². The van der Waals surface area contributed by atoms with Gasteiger partial charge in [-0.3, -0.25) is 4.79 Å². The number of hydrogen-bond donors (Lipinski definition) is 2. The SMILES string of the molecule is CCC(NCC1CCN(c2ccccc2)CC1)C(N)=O. The first-order valence-corrected chi connectivity index (χ1v) is 7.53. The third-order valence-electron chi connectivity index (χ3n) is 4.14. The van der Waals surface area contributed by atoms with Crippen molar-refractivity contribution >= 4 is 11.6 Å². The van der Waals surface area contributed by atoms with E-state index in [0.29, 0.717) is 5.92 Å². The minimum Gasteiger partial charge on any atom is -0.372 e. The molecule has 1 heterocycles. The summed E-state index contributed by atoms with van der Waals surface area (Å²) in [6.07, 6.45) is 3.09. The van der Waals surface area contributed by atoms with E-state index in [1.54, 1.807) is 0 Å². The number of benzene rings is 1. The zero-order chi connectivity index (χ0) is 14.4. The zero-order valence-electron chi connectivity index (χ0n) is 12.2. The van der Waals surface area contributed by atoms with Gasteiger partial charge in [0.25, 0.3) is 0 Å². The average Bonchev–Trinajstić information content (AvgIpc) is 2.49. The van der Waals surface area contributed by atoms with Gasteiger partial charge in [-0.15, -0.1) is 0 Å². The van der Waals surface area contributed by atoms with Crippen LogP contribution in [0.1, 0.15) is 26.2 Å². The lowest BCUT2D eigenvalue weighted by molar-refractivity contribution is -0.120. The molecule has 0 saturated carbocycles. The fourth-order valence-electron chi connectivity index (χ4n) is 2.79. The third kappa shape index (κ3) is 3.97. The van der Waals surface area contributed by atoms with Crippen LogP contribution in [0, 0.1) is 5.92 Å². The van der Waals surface area contributed by atoms with Crippen LogP contribution in [-0.2, 0) is 4.79 Å². The summed E-state index contributed by atoms with van der Waals surface area (Å²) >= 11 is 0. The lowest BCUT2D eigenvalue weighted by Gasteiger charge is -2.34. The number of anilines is 1. The number of amides is 1. The largest absolute Gasteiger partial charge is 0.372 e. The quantitative estimate of drug-likeness (QED) is 0.831. The summed E-state index contributed by atoms with van der Waals surface area (Å²) in [5.41, 5.74) is 6.66. The van der Waals surface area contributed by atoms with E-state index in [9.17, 15) is 4.79 Å². The van der Waals surface area contributed by atoms with Gasteiger partial charge in [0.2, 0.25) is 5.91 Å². The number of hydrogen-bond acceptors (Lipinski definition) is 3. The second-order valence-electron chi connectivity index (χ2n) is 5.54. The standard InChI is InChI=1S/C16H25N3O/c1-2-15(16(17)20)18-12-13-8-10-19(11-9-13)14-6-4-3-5-7-14/h3-7,13,15,18H,2,8-12H2,1H3,(H2,17,20). The number of carbonyl (C=O) groups is 1. The van der Waals surface area contributed by atoms with Crippen LogP contribution in [0.25, 0.3) is 0 Å². The highest BCUT2D eigenvalue weighted by Crippen LogP contribution is 2.22. The van der Waals surface area contributed by atoms with Crippen LogP contribution >= 0.6 is 0 Å². The number of primary amides is 1. The first-order chi connectivity index (χ1) is 9.70. The zero-order valence-corrected chi connectivity index (χ0v) is 12.2. The number of nitrogens with one attached hydrogen (secondary N) is 1. The van der Waals surface area contributed by atoms with Gasteiger partial charge in [0.1, 0.15) is 0 Å². The first-order valence-electron chi connectivity index (χ1n) is 7.53. The Balaban J connectivity index is 1.76. The molecule has 3 N–H and O–H groups in total. The molecule has 1 fully saturated rings. The average molecular weight is 275 g/mol. The number of nitrogens with two attached hydrogens (primary N) is 1. The van der Waals surface area contributed by atoms with Crippen molar-refractivity contribution in [2.24, 2.45) is 11.7 Å². The molecule has 110 valence electrons. The molecular weight excluding hydrogens is 250 g/mol. The van der Waals surface area contributed by atoms with Crippen LogP contribution in [0.3, 0.4) is 0 Å². The van der Waals surface area contributed by atoms with Crippen molar-refractivity contribution < 1.29 is 4.79 Å². The van der Waals surface area contributed by atoms with Gasteiger partial charge >= 0.3 is 0 Å². The smallest absolute Gasteiger partial charge is 0.234 e. The van der Waals surface area contributed by atoms with Crippen molar-refractivity contribution in [3.63, 3.8) is 0 Å². The minimum atomic E-state index is -0.241.